The number of pyridine rings is 1. The highest BCUT2D eigenvalue weighted by atomic mass is 16.2. The molecule has 2 N–H and O–H groups in total. The highest BCUT2D eigenvalue weighted by Gasteiger charge is 2.24. The molecule has 0 unspecified atom stereocenters. The second-order valence-corrected chi connectivity index (χ2v) is 5.58. The number of nitrogens with zero attached hydrogens (tertiary/aromatic N) is 2. The maximum atomic E-state index is 12.3. The van der Waals surface area contributed by atoms with Crippen molar-refractivity contribution < 1.29 is 9.59 Å². The number of hydrogen-bond donors (Lipinski definition) is 2. The quantitative estimate of drug-likeness (QED) is 0.883. The molecule has 0 saturated carbocycles. The van der Waals surface area contributed by atoms with Crippen LogP contribution in [0, 0.1) is 0 Å². The van der Waals surface area contributed by atoms with Crippen LogP contribution in [0.3, 0.4) is 0 Å². The fraction of sp³-hybridized carbons (Fsp3) is 0.533. The fourth-order valence-corrected chi connectivity index (χ4v) is 2.39. The molecule has 114 valence electrons. The maximum Gasteiger partial charge on any atom is 0.315 e. The van der Waals surface area contributed by atoms with Crippen LogP contribution in [0.4, 0.5) is 4.79 Å². The molecule has 0 radical (unpaired) electrons. The smallest absolute Gasteiger partial charge is 0.315 e. The highest BCUT2D eigenvalue weighted by Crippen LogP contribution is 2.13. The largest absolute Gasteiger partial charge is 0.338 e. The Morgan fingerprint density at radius 1 is 1.33 bits per heavy atom. The zero-order chi connectivity index (χ0) is 15.2. The van der Waals surface area contributed by atoms with Crippen molar-refractivity contribution >= 4 is 11.9 Å². The minimum absolute atomic E-state index is 0.00758. The lowest BCUT2D eigenvalue weighted by Gasteiger charge is -2.32. The summed E-state index contributed by atoms with van der Waals surface area (Å²) in [6, 6.07) is 3.65. The monoisotopic (exact) mass is 290 g/mol. The molecule has 1 aliphatic rings. The summed E-state index contributed by atoms with van der Waals surface area (Å²) in [6.07, 6.45) is 4.79. The first-order valence-electron chi connectivity index (χ1n) is 7.32. The van der Waals surface area contributed by atoms with Crippen LogP contribution >= 0.6 is 0 Å². The van der Waals surface area contributed by atoms with Gasteiger partial charge in [-0.15, -0.1) is 0 Å². The molecule has 1 aliphatic heterocycles. The number of likely N-dealkylation sites (tertiary alicyclic amines) is 1. The van der Waals surface area contributed by atoms with Gasteiger partial charge in [0.15, 0.2) is 0 Å². The summed E-state index contributed by atoms with van der Waals surface area (Å²) in [5, 5.41) is 5.76. The molecule has 1 saturated heterocycles. The number of hydrogen-bond acceptors (Lipinski definition) is 3. The van der Waals surface area contributed by atoms with Crippen LogP contribution in [0.1, 0.15) is 37.0 Å². The Morgan fingerprint density at radius 3 is 2.62 bits per heavy atom. The molecular formula is C15H22N4O2. The van der Waals surface area contributed by atoms with E-state index in [4.69, 9.17) is 0 Å². The molecule has 1 aromatic heterocycles. The Hall–Kier alpha value is -2.11. The third-order valence-electron chi connectivity index (χ3n) is 3.45. The van der Waals surface area contributed by atoms with E-state index in [0.717, 1.165) is 12.8 Å². The van der Waals surface area contributed by atoms with Crippen molar-refractivity contribution in [2.45, 2.75) is 38.8 Å². The van der Waals surface area contributed by atoms with E-state index in [9.17, 15) is 9.59 Å². The van der Waals surface area contributed by atoms with Gasteiger partial charge in [-0.1, -0.05) is 0 Å². The fourth-order valence-electron chi connectivity index (χ4n) is 2.39. The molecule has 3 amide bonds. The maximum absolute atomic E-state index is 12.3. The van der Waals surface area contributed by atoms with E-state index in [2.05, 4.69) is 15.6 Å². The van der Waals surface area contributed by atoms with Gasteiger partial charge in [0.05, 0.1) is 5.56 Å². The van der Waals surface area contributed by atoms with Crippen molar-refractivity contribution in [3.05, 3.63) is 30.1 Å². The molecule has 1 aromatic rings. The van der Waals surface area contributed by atoms with Crippen molar-refractivity contribution in [3.8, 4) is 0 Å². The van der Waals surface area contributed by atoms with E-state index in [1.165, 1.54) is 0 Å². The van der Waals surface area contributed by atoms with Crippen LogP contribution in [-0.2, 0) is 0 Å². The van der Waals surface area contributed by atoms with Crippen LogP contribution in [0.15, 0.2) is 24.5 Å². The van der Waals surface area contributed by atoms with E-state index in [-0.39, 0.29) is 24.0 Å². The first kappa shape index (κ1) is 15.3. The second kappa shape index (κ2) is 7.06. The highest BCUT2D eigenvalue weighted by molar-refractivity contribution is 5.93. The van der Waals surface area contributed by atoms with E-state index in [1.807, 2.05) is 18.7 Å². The van der Waals surface area contributed by atoms with Gasteiger partial charge < -0.3 is 15.5 Å². The molecule has 1 fully saturated rings. The Bertz CT molecular complexity index is 482. The van der Waals surface area contributed by atoms with E-state index >= 15 is 0 Å². The van der Waals surface area contributed by atoms with Gasteiger partial charge in [-0.2, -0.15) is 0 Å². The summed E-state index contributed by atoms with van der Waals surface area (Å²) in [4.78, 5) is 29.7. The summed E-state index contributed by atoms with van der Waals surface area (Å²) in [5.41, 5.74) is 0.612. The standard InChI is InChI=1S/C15H22N4O2/c1-11(2)17-15(21)18-13-5-8-19(9-6-13)14(20)12-4-3-7-16-10-12/h3-4,7,10-11,13H,5-6,8-9H2,1-2H3,(H2,17,18,21). The van der Waals surface area contributed by atoms with Crippen molar-refractivity contribution in [1.29, 1.82) is 0 Å². The number of piperidine rings is 1. The van der Waals surface area contributed by atoms with Gasteiger partial charge in [0.1, 0.15) is 0 Å². The summed E-state index contributed by atoms with van der Waals surface area (Å²) in [6.45, 7) is 5.16. The van der Waals surface area contributed by atoms with E-state index in [1.54, 1.807) is 24.5 Å². The molecule has 0 aliphatic carbocycles. The van der Waals surface area contributed by atoms with Crippen LogP contribution in [0.25, 0.3) is 0 Å². The molecule has 0 spiro atoms. The van der Waals surface area contributed by atoms with Crippen LogP contribution in [0.2, 0.25) is 0 Å². The van der Waals surface area contributed by atoms with Gasteiger partial charge in [0, 0.05) is 37.6 Å². The van der Waals surface area contributed by atoms with Gasteiger partial charge in [-0.25, -0.2) is 4.79 Å². The number of rotatable bonds is 3. The Morgan fingerprint density at radius 2 is 2.05 bits per heavy atom. The van der Waals surface area contributed by atoms with Crippen molar-refractivity contribution in [3.63, 3.8) is 0 Å². The van der Waals surface area contributed by atoms with Crippen LogP contribution in [0.5, 0.6) is 0 Å². The van der Waals surface area contributed by atoms with Gasteiger partial charge in [-0.3, -0.25) is 9.78 Å². The summed E-state index contributed by atoms with van der Waals surface area (Å²) < 4.78 is 0. The first-order chi connectivity index (χ1) is 10.1. The first-order valence-corrected chi connectivity index (χ1v) is 7.32. The topological polar surface area (TPSA) is 74.3 Å². The molecular weight excluding hydrogens is 268 g/mol. The Kier molecular flexibility index (Phi) is 5.14. The normalized spacial score (nSPS) is 15.9. The zero-order valence-electron chi connectivity index (χ0n) is 12.5. The van der Waals surface area contributed by atoms with Crippen LogP contribution < -0.4 is 10.6 Å². The van der Waals surface area contributed by atoms with E-state index in [0.29, 0.717) is 18.7 Å². The lowest BCUT2D eigenvalue weighted by Crippen LogP contribution is -2.50. The number of aromatic nitrogens is 1. The number of carbonyl (C=O) groups is 2. The molecule has 6 heteroatoms. The van der Waals surface area contributed by atoms with Gasteiger partial charge in [0.2, 0.25) is 0 Å². The number of amides is 3. The lowest BCUT2D eigenvalue weighted by atomic mass is 10.0. The van der Waals surface area contributed by atoms with Crippen molar-refractivity contribution in [2.75, 3.05) is 13.1 Å². The van der Waals surface area contributed by atoms with Gasteiger partial charge in [0.25, 0.3) is 5.91 Å². The summed E-state index contributed by atoms with van der Waals surface area (Å²) in [5.74, 6) is 0.00758. The molecule has 21 heavy (non-hydrogen) atoms. The Balaban J connectivity index is 1.81. The van der Waals surface area contributed by atoms with Crippen molar-refractivity contribution in [2.24, 2.45) is 0 Å². The van der Waals surface area contributed by atoms with Crippen LogP contribution in [-0.4, -0.2) is 47.0 Å². The minimum Gasteiger partial charge on any atom is -0.338 e. The lowest BCUT2D eigenvalue weighted by molar-refractivity contribution is 0.0708. The van der Waals surface area contributed by atoms with Crippen molar-refractivity contribution in [1.82, 2.24) is 20.5 Å². The molecule has 0 bridgehead atoms. The predicted molar refractivity (Wildman–Crippen MR) is 80.0 cm³/mol. The number of carbonyl (C=O) groups excluding carboxylic acids is 2. The number of urea groups is 1. The average Bonchev–Trinajstić information content (AvgIpc) is 2.47. The molecule has 2 heterocycles. The molecule has 0 atom stereocenters. The third-order valence-corrected chi connectivity index (χ3v) is 3.45. The molecule has 0 aromatic carbocycles. The molecule has 2 rings (SSSR count). The van der Waals surface area contributed by atoms with Gasteiger partial charge in [-0.05, 0) is 38.8 Å². The predicted octanol–water partition coefficient (Wildman–Crippen LogP) is 1.39. The Labute approximate surface area is 124 Å². The third kappa shape index (κ3) is 4.44. The summed E-state index contributed by atoms with van der Waals surface area (Å²) >= 11 is 0. The SMILES string of the molecule is CC(C)NC(=O)NC1CCN(C(=O)c2cccnc2)CC1. The summed E-state index contributed by atoms with van der Waals surface area (Å²) in [7, 11) is 0. The van der Waals surface area contributed by atoms with Gasteiger partial charge >= 0.3 is 6.03 Å². The zero-order valence-corrected chi connectivity index (χ0v) is 12.5. The second-order valence-electron chi connectivity index (χ2n) is 5.58. The number of nitrogens with one attached hydrogen (secondary N) is 2. The molecule has 6 nitrogen and oxygen atoms in total. The minimum atomic E-state index is -0.137. The van der Waals surface area contributed by atoms with E-state index < -0.39 is 0 Å². The average molecular weight is 290 g/mol.